The molecule has 1 aliphatic rings. The van der Waals surface area contributed by atoms with Crippen molar-refractivity contribution in [2.24, 2.45) is 0 Å². The van der Waals surface area contributed by atoms with Crippen LogP contribution >= 0.6 is 15.9 Å². The van der Waals surface area contributed by atoms with Gasteiger partial charge in [-0.15, -0.1) is 0 Å². The van der Waals surface area contributed by atoms with Gasteiger partial charge in [-0.3, -0.25) is 9.59 Å². The molecule has 0 saturated carbocycles. The first-order valence-corrected chi connectivity index (χ1v) is 7.80. The second-order valence-electron chi connectivity index (χ2n) is 5.17. The number of carbonyl (C=O) groups is 2. The number of rotatable bonds is 5. The highest BCUT2D eigenvalue weighted by atomic mass is 79.9. The SMILES string of the molecule is O=C(O)CC1CN(C(=O)CCc2cc(F)ccc2Br)CCO1. The predicted octanol–water partition coefficient (Wildman–Crippen LogP) is 2.22. The van der Waals surface area contributed by atoms with E-state index >= 15 is 0 Å². The van der Waals surface area contributed by atoms with Crippen molar-refractivity contribution in [3.05, 3.63) is 34.1 Å². The van der Waals surface area contributed by atoms with Crippen LogP contribution in [0.25, 0.3) is 0 Å². The number of hydrogen-bond donors (Lipinski definition) is 1. The van der Waals surface area contributed by atoms with Crippen LogP contribution in [-0.2, 0) is 20.7 Å². The third-order valence-electron chi connectivity index (χ3n) is 3.51. The Hall–Kier alpha value is -1.47. The zero-order chi connectivity index (χ0) is 16.1. The summed E-state index contributed by atoms with van der Waals surface area (Å²) in [5.41, 5.74) is 0.740. The molecule has 0 radical (unpaired) electrons. The third-order valence-corrected chi connectivity index (χ3v) is 4.28. The molecule has 0 aromatic heterocycles. The van der Waals surface area contributed by atoms with E-state index in [2.05, 4.69) is 15.9 Å². The van der Waals surface area contributed by atoms with Crippen molar-refractivity contribution < 1.29 is 23.8 Å². The number of benzene rings is 1. The number of amides is 1. The Morgan fingerprint density at radius 2 is 2.23 bits per heavy atom. The van der Waals surface area contributed by atoms with Crippen molar-refractivity contribution in [1.82, 2.24) is 4.90 Å². The number of aryl methyl sites for hydroxylation is 1. The summed E-state index contributed by atoms with van der Waals surface area (Å²) in [6.45, 7) is 1.09. The normalized spacial score (nSPS) is 18.3. The summed E-state index contributed by atoms with van der Waals surface area (Å²) in [7, 11) is 0. The van der Waals surface area contributed by atoms with Crippen LogP contribution in [0.15, 0.2) is 22.7 Å². The molecule has 1 aromatic carbocycles. The monoisotopic (exact) mass is 373 g/mol. The van der Waals surface area contributed by atoms with Gasteiger partial charge in [-0.05, 0) is 30.2 Å². The molecule has 0 spiro atoms. The fourth-order valence-corrected chi connectivity index (χ4v) is 2.84. The lowest BCUT2D eigenvalue weighted by molar-refractivity contribution is -0.147. The molecule has 0 aliphatic carbocycles. The van der Waals surface area contributed by atoms with Gasteiger partial charge in [-0.25, -0.2) is 4.39 Å². The van der Waals surface area contributed by atoms with Crippen LogP contribution < -0.4 is 0 Å². The largest absolute Gasteiger partial charge is 0.481 e. The Balaban J connectivity index is 1.89. The lowest BCUT2D eigenvalue weighted by Crippen LogP contribution is -2.46. The standard InChI is InChI=1S/C15H17BrFNO4/c16-13-3-2-11(17)7-10(13)1-4-14(19)18-5-6-22-12(9-18)8-15(20)21/h2-3,7,12H,1,4-6,8-9H2,(H,20,21). The van der Waals surface area contributed by atoms with E-state index in [4.69, 9.17) is 9.84 Å². The van der Waals surface area contributed by atoms with Gasteiger partial charge >= 0.3 is 5.97 Å². The number of carboxylic acids is 1. The molecule has 1 atom stereocenters. The molecule has 2 rings (SSSR count). The molecule has 0 bridgehead atoms. The van der Waals surface area contributed by atoms with Gasteiger partial charge in [0.1, 0.15) is 5.82 Å². The molecule has 1 N–H and O–H groups in total. The maximum Gasteiger partial charge on any atom is 0.306 e. The van der Waals surface area contributed by atoms with Crippen LogP contribution in [0.3, 0.4) is 0 Å². The van der Waals surface area contributed by atoms with E-state index in [1.807, 2.05) is 0 Å². The van der Waals surface area contributed by atoms with E-state index in [0.29, 0.717) is 19.6 Å². The van der Waals surface area contributed by atoms with E-state index in [0.717, 1.165) is 10.0 Å². The molecular weight excluding hydrogens is 357 g/mol. The molecule has 1 fully saturated rings. The van der Waals surface area contributed by atoms with Gasteiger partial charge in [0.15, 0.2) is 0 Å². The molecule has 1 unspecified atom stereocenters. The van der Waals surface area contributed by atoms with Crippen molar-refractivity contribution >= 4 is 27.8 Å². The second-order valence-corrected chi connectivity index (χ2v) is 6.02. The summed E-state index contributed by atoms with van der Waals surface area (Å²) in [6, 6.07) is 4.38. The number of nitrogens with zero attached hydrogens (tertiary/aromatic N) is 1. The van der Waals surface area contributed by atoms with Crippen molar-refractivity contribution in [2.45, 2.75) is 25.4 Å². The third kappa shape index (κ3) is 4.78. The molecule has 5 nitrogen and oxygen atoms in total. The Kier molecular flexibility index (Phi) is 5.90. The highest BCUT2D eigenvalue weighted by Gasteiger charge is 2.25. The van der Waals surface area contributed by atoms with Gasteiger partial charge in [0.2, 0.25) is 5.91 Å². The Labute approximate surface area is 136 Å². The van der Waals surface area contributed by atoms with Crippen molar-refractivity contribution in [3.63, 3.8) is 0 Å². The molecule has 1 saturated heterocycles. The zero-order valence-corrected chi connectivity index (χ0v) is 13.5. The Morgan fingerprint density at radius 3 is 2.95 bits per heavy atom. The fraction of sp³-hybridized carbons (Fsp3) is 0.467. The minimum absolute atomic E-state index is 0.0742. The summed E-state index contributed by atoms with van der Waals surface area (Å²) in [5.74, 6) is -1.35. The smallest absolute Gasteiger partial charge is 0.306 e. The van der Waals surface area contributed by atoms with E-state index < -0.39 is 12.1 Å². The van der Waals surface area contributed by atoms with Crippen LogP contribution in [0, 0.1) is 5.82 Å². The molecule has 1 aliphatic heterocycles. The van der Waals surface area contributed by atoms with Crippen molar-refractivity contribution in [1.29, 1.82) is 0 Å². The van der Waals surface area contributed by atoms with Gasteiger partial charge in [0, 0.05) is 24.0 Å². The lowest BCUT2D eigenvalue weighted by Gasteiger charge is -2.32. The predicted molar refractivity (Wildman–Crippen MR) is 81.0 cm³/mol. The quantitative estimate of drug-likeness (QED) is 0.859. The molecular formula is C15H17BrFNO4. The van der Waals surface area contributed by atoms with Crippen LogP contribution in [0.2, 0.25) is 0 Å². The van der Waals surface area contributed by atoms with Gasteiger partial charge in [0.05, 0.1) is 19.1 Å². The minimum atomic E-state index is -0.942. The van der Waals surface area contributed by atoms with E-state index in [9.17, 15) is 14.0 Å². The number of halogens is 2. The average molecular weight is 374 g/mol. The summed E-state index contributed by atoms with van der Waals surface area (Å²) >= 11 is 3.34. The Bertz CT molecular complexity index is 566. The van der Waals surface area contributed by atoms with Crippen LogP contribution in [0.5, 0.6) is 0 Å². The van der Waals surface area contributed by atoms with Gasteiger partial charge < -0.3 is 14.7 Å². The second kappa shape index (κ2) is 7.69. The number of ether oxygens (including phenoxy) is 1. The number of hydrogen-bond acceptors (Lipinski definition) is 3. The first kappa shape index (κ1) is 16.9. The summed E-state index contributed by atoms with van der Waals surface area (Å²) < 4.78 is 19.3. The highest BCUT2D eigenvalue weighted by Crippen LogP contribution is 2.20. The summed E-state index contributed by atoms with van der Waals surface area (Å²) in [4.78, 5) is 24.5. The average Bonchev–Trinajstić information content (AvgIpc) is 2.47. The molecule has 1 heterocycles. The number of aliphatic carboxylic acids is 1. The lowest BCUT2D eigenvalue weighted by atomic mass is 10.1. The fourth-order valence-electron chi connectivity index (χ4n) is 2.40. The van der Waals surface area contributed by atoms with Gasteiger partial charge in [-0.1, -0.05) is 15.9 Å². The first-order valence-electron chi connectivity index (χ1n) is 7.01. The summed E-state index contributed by atoms with van der Waals surface area (Å²) in [5, 5.41) is 8.77. The van der Waals surface area contributed by atoms with Crippen molar-refractivity contribution in [3.8, 4) is 0 Å². The van der Waals surface area contributed by atoms with Gasteiger partial charge in [0.25, 0.3) is 0 Å². The number of carboxylic acid groups (broad SMARTS) is 1. The van der Waals surface area contributed by atoms with Crippen molar-refractivity contribution in [2.75, 3.05) is 19.7 Å². The molecule has 1 aromatic rings. The van der Waals surface area contributed by atoms with E-state index in [1.54, 1.807) is 11.0 Å². The minimum Gasteiger partial charge on any atom is -0.481 e. The summed E-state index contributed by atoms with van der Waals surface area (Å²) in [6.07, 6.45) is 0.107. The molecule has 7 heteroatoms. The molecule has 1 amide bonds. The number of morpholine rings is 1. The molecule has 120 valence electrons. The van der Waals surface area contributed by atoms with Crippen LogP contribution in [-0.4, -0.2) is 47.7 Å². The molecule has 22 heavy (non-hydrogen) atoms. The van der Waals surface area contributed by atoms with Gasteiger partial charge in [-0.2, -0.15) is 0 Å². The van der Waals surface area contributed by atoms with Crippen LogP contribution in [0.1, 0.15) is 18.4 Å². The topological polar surface area (TPSA) is 66.8 Å². The maximum atomic E-state index is 13.2. The maximum absolute atomic E-state index is 13.2. The zero-order valence-electron chi connectivity index (χ0n) is 11.9. The number of carbonyl (C=O) groups excluding carboxylic acids is 1. The Morgan fingerprint density at radius 1 is 1.45 bits per heavy atom. The van der Waals surface area contributed by atoms with Crippen LogP contribution in [0.4, 0.5) is 4.39 Å². The van der Waals surface area contributed by atoms with E-state index in [1.165, 1.54) is 12.1 Å². The first-order chi connectivity index (χ1) is 10.5. The highest BCUT2D eigenvalue weighted by molar-refractivity contribution is 9.10. The van der Waals surface area contributed by atoms with E-state index in [-0.39, 0.29) is 31.1 Å².